The standard InChI is InChI=1S/C28H28N2O3S/c1-20(18-28(31)32)30(19-21-8-4-3-5-9-21)27-17-16-26(24-10-6-7-11-25(24)27)29-34-23-14-12-22(33-2)13-15-23/h3-17,20,29H,18-19H2,1-2H3,(H,31,32)/t20-/m0/s1. The van der Waals surface area contributed by atoms with Gasteiger partial charge in [-0.15, -0.1) is 0 Å². The molecule has 0 spiro atoms. The smallest absolute Gasteiger partial charge is 0.305 e. The lowest BCUT2D eigenvalue weighted by atomic mass is 10.0. The largest absolute Gasteiger partial charge is 0.497 e. The minimum atomic E-state index is -0.802. The van der Waals surface area contributed by atoms with Crippen LogP contribution in [0.1, 0.15) is 18.9 Å². The first-order valence-corrected chi connectivity index (χ1v) is 12.0. The van der Waals surface area contributed by atoms with Gasteiger partial charge in [0.25, 0.3) is 0 Å². The van der Waals surface area contributed by atoms with Gasteiger partial charge in [0.05, 0.1) is 19.2 Å². The number of carboxylic acids is 1. The van der Waals surface area contributed by atoms with Gasteiger partial charge in [0.2, 0.25) is 0 Å². The van der Waals surface area contributed by atoms with E-state index in [1.807, 2.05) is 61.5 Å². The number of methoxy groups -OCH3 is 1. The zero-order chi connectivity index (χ0) is 23.9. The molecule has 174 valence electrons. The highest BCUT2D eigenvalue weighted by atomic mass is 32.2. The number of fused-ring (bicyclic) bond motifs is 1. The molecule has 5 nitrogen and oxygen atoms in total. The van der Waals surface area contributed by atoms with E-state index in [0.717, 1.165) is 38.4 Å². The monoisotopic (exact) mass is 472 g/mol. The third-order valence-electron chi connectivity index (χ3n) is 5.75. The van der Waals surface area contributed by atoms with Gasteiger partial charge in [-0.3, -0.25) is 4.79 Å². The van der Waals surface area contributed by atoms with Crippen molar-refractivity contribution in [2.45, 2.75) is 30.8 Å². The van der Waals surface area contributed by atoms with Crippen molar-refractivity contribution in [2.75, 3.05) is 16.7 Å². The summed E-state index contributed by atoms with van der Waals surface area (Å²) in [5.41, 5.74) is 3.17. The maximum Gasteiger partial charge on any atom is 0.305 e. The Labute approximate surface area is 204 Å². The number of carbonyl (C=O) groups is 1. The van der Waals surface area contributed by atoms with Crippen molar-refractivity contribution >= 4 is 40.1 Å². The molecule has 0 heterocycles. The Morgan fingerprint density at radius 1 is 0.941 bits per heavy atom. The normalized spacial score (nSPS) is 11.7. The number of nitrogens with one attached hydrogen (secondary N) is 1. The van der Waals surface area contributed by atoms with Crippen LogP contribution in [0.3, 0.4) is 0 Å². The molecule has 0 aromatic heterocycles. The van der Waals surface area contributed by atoms with Crippen molar-refractivity contribution in [2.24, 2.45) is 0 Å². The highest BCUT2D eigenvalue weighted by Gasteiger charge is 2.20. The van der Waals surface area contributed by atoms with Crippen LogP contribution >= 0.6 is 11.9 Å². The summed E-state index contributed by atoms with van der Waals surface area (Å²) >= 11 is 1.54. The average Bonchev–Trinajstić information content (AvgIpc) is 2.86. The third-order valence-corrected chi connectivity index (χ3v) is 6.58. The first-order chi connectivity index (χ1) is 16.5. The van der Waals surface area contributed by atoms with E-state index in [-0.39, 0.29) is 12.5 Å². The van der Waals surface area contributed by atoms with Gasteiger partial charge in [0.15, 0.2) is 0 Å². The highest BCUT2D eigenvalue weighted by molar-refractivity contribution is 8.00. The van der Waals surface area contributed by atoms with E-state index in [4.69, 9.17) is 4.74 Å². The Morgan fingerprint density at radius 3 is 2.29 bits per heavy atom. The van der Waals surface area contributed by atoms with E-state index in [2.05, 4.69) is 46.0 Å². The van der Waals surface area contributed by atoms with E-state index >= 15 is 0 Å². The van der Waals surface area contributed by atoms with Crippen molar-refractivity contribution in [3.05, 3.63) is 96.6 Å². The number of hydrogen-bond acceptors (Lipinski definition) is 5. The van der Waals surface area contributed by atoms with Crippen LogP contribution < -0.4 is 14.4 Å². The van der Waals surface area contributed by atoms with Gasteiger partial charge in [0, 0.05) is 33.9 Å². The summed E-state index contributed by atoms with van der Waals surface area (Å²) in [5, 5.41) is 11.6. The van der Waals surface area contributed by atoms with E-state index in [1.54, 1.807) is 19.1 Å². The highest BCUT2D eigenvalue weighted by Crippen LogP contribution is 2.36. The molecule has 2 N–H and O–H groups in total. The zero-order valence-electron chi connectivity index (χ0n) is 19.3. The molecule has 4 aromatic rings. The van der Waals surface area contributed by atoms with Gasteiger partial charge < -0.3 is 19.5 Å². The maximum atomic E-state index is 11.5. The minimum absolute atomic E-state index is 0.0640. The fraction of sp³-hybridized carbons (Fsp3) is 0.179. The van der Waals surface area contributed by atoms with Crippen molar-refractivity contribution in [3.8, 4) is 5.75 Å². The van der Waals surface area contributed by atoms with Gasteiger partial charge in [-0.2, -0.15) is 0 Å². The minimum Gasteiger partial charge on any atom is -0.497 e. The number of aliphatic carboxylic acids is 1. The molecule has 0 aliphatic heterocycles. The summed E-state index contributed by atoms with van der Waals surface area (Å²) in [4.78, 5) is 14.8. The molecule has 0 unspecified atom stereocenters. The van der Waals surface area contributed by atoms with Gasteiger partial charge in [-0.25, -0.2) is 0 Å². The molecule has 34 heavy (non-hydrogen) atoms. The predicted molar refractivity (Wildman–Crippen MR) is 141 cm³/mol. The van der Waals surface area contributed by atoms with Crippen LogP contribution in [0, 0.1) is 0 Å². The summed E-state index contributed by atoms with van der Waals surface area (Å²) in [7, 11) is 1.66. The number of nitrogens with zero attached hydrogens (tertiary/aromatic N) is 1. The number of benzene rings is 4. The van der Waals surface area contributed by atoms with Crippen LogP contribution in [0.2, 0.25) is 0 Å². The molecule has 0 aliphatic carbocycles. The summed E-state index contributed by atoms with van der Waals surface area (Å²) in [6, 6.07) is 30.3. The van der Waals surface area contributed by atoms with Crippen molar-refractivity contribution in [1.29, 1.82) is 0 Å². The second-order valence-electron chi connectivity index (χ2n) is 8.12. The first-order valence-electron chi connectivity index (χ1n) is 11.2. The third kappa shape index (κ3) is 5.64. The maximum absolute atomic E-state index is 11.5. The number of anilines is 2. The van der Waals surface area contributed by atoms with Crippen molar-refractivity contribution < 1.29 is 14.6 Å². The molecule has 0 aliphatic rings. The van der Waals surface area contributed by atoms with E-state index in [1.165, 1.54) is 0 Å². The molecular weight excluding hydrogens is 444 g/mol. The number of ether oxygens (including phenoxy) is 1. The molecule has 4 aromatic carbocycles. The Bertz CT molecular complexity index is 1250. The Hall–Kier alpha value is -3.64. The average molecular weight is 473 g/mol. The van der Waals surface area contributed by atoms with Gasteiger partial charge in [-0.1, -0.05) is 54.6 Å². The number of rotatable bonds is 10. The van der Waals surface area contributed by atoms with Crippen LogP contribution in [0.5, 0.6) is 5.75 Å². The SMILES string of the molecule is COc1ccc(SNc2ccc(N(Cc3ccccc3)[C@@H](C)CC(=O)O)c3ccccc23)cc1. The second-order valence-corrected chi connectivity index (χ2v) is 9.00. The molecule has 4 rings (SSSR count). The Balaban J connectivity index is 1.67. The van der Waals surface area contributed by atoms with Crippen molar-refractivity contribution in [1.82, 2.24) is 0 Å². The van der Waals surface area contributed by atoms with Crippen LogP contribution in [0.4, 0.5) is 11.4 Å². The fourth-order valence-electron chi connectivity index (χ4n) is 4.00. The first kappa shape index (κ1) is 23.5. The lowest BCUT2D eigenvalue weighted by Gasteiger charge is -2.32. The van der Waals surface area contributed by atoms with Crippen LogP contribution in [-0.2, 0) is 11.3 Å². The van der Waals surface area contributed by atoms with Crippen LogP contribution in [-0.4, -0.2) is 24.2 Å². The van der Waals surface area contributed by atoms with E-state index < -0.39 is 5.97 Å². The van der Waals surface area contributed by atoms with Crippen LogP contribution in [0.25, 0.3) is 10.8 Å². The molecule has 0 radical (unpaired) electrons. The molecule has 0 bridgehead atoms. The Morgan fingerprint density at radius 2 is 1.62 bits per heavy atom. The lowest BCUT2D eigenvalue weighted by Crippen LogP contribution is -2.34. The number of carboxylic acid groups (broad SMARTS) is 1. The molecule has 0 saturated heterocycles. The molecule has 6 heteroatoms. The van der Waals surface area contributed by atoms with Gasteiger partial charge >= 0.3 is 5.97 Å². The molecule has 1 atom stereocenters. The quantitative estimate of drug-likeness (QED) is 0.247. The molecule has 0 fully saturated rings. The molecule has 0 amide bonds. The summed E-state index contributed by atoms with van der Waals surface area (Å²) in [6.07, 6.45) is 0.0640. The molecule has 0 saturated carbocycles. The summed E-state index contributed by atoms with van der Waals surface area (Å²) < 4.78 is 8.72. The number of hydrogen-bond donors (Lipinski definition) is 2. The topological polar surface area (TPSA) is 61.8 Å². The van der Waals surface area contributed by atoms with Gasteiger partial charge in [-0.05, 0) is 60.8 Å². The van der Waals surface area contributed by atoms with Gasteiger partial charge in [0.1, 0.15) is 5.75 Å². The summed E-state index contributed by atoms with van der Waals surface area (Å²) in [5.74, 6) is 0.0252. The fourth-order valence-corrected chi connectivity index (χ4v) is 4.68. The zero-order valence-corrected chi connectivity index (χ0v) is 20.1. The Kier molecular flexibility index (Phi) is 7.60. The van der Waals surface area contributed by atoms with E-state index in [9.17, 15) is 9.90 Å². The lowest BCUT2D eigenvalue weighted by molar-refractivity contribution is -0.137. The van der Waals surface area contributed by atoms with Crippen LogP contribution in [0.15, 0.2) is 95.9 Å². The van der Waals surface area contributed by atoms with E-state index in [0.29, 0.717) is 6.54 Å². The molecular formula is C28H28N2O3S. The van der Waals surface area contributed by atoms with Crippen molar-refractivity contribution in [3.63, 3.8) is 0 Å². The second kappa shape index (κ2) is 11.0. The summed E-state index contributed by atoms with van der Waals surface area (Å²) in [6.45, 7) is 2.60. The predicted octanol–water partition coefficient (Wildman–Crippen LogP) is 6.84.